The van der Waals surface area contributed by atoms with Crippen LogP contribution in [0, 0.1) is 17.0 Å². The van der Waals surface area contributed by atoms with Crippen LogP contribution in [0.25, 0.3) is 16.9 Å². The molecule has 1 amide bonds. The van der Waals surface area contributed by atoms with E-state index in [9.17, 15) is 14.9 Å². The lowest BCUT2D eigenvalue weighted by molar-refractivity contribution is -0.385. The number of nitrogen functional groups attached to an aromatic ring is 1. The number of hydrogen-bond donors (Lipinski definition) is 3. The summed E-state index contributed by atoms with van der Waals surface area (Å²) < 4.78 is 1.64. The minimum atomic E-state index is -0.508. The number of rotatable bonds is 8. The minimum Gasteiger partial charge on any atom is -0.384 e. The summed E-state index contributed by atoms with van der Waals surface area (Å²) in [6.07, 6.45) is 1.18. The van der Waals surface area contributed by atoms with E-state index in [4.69, 9.17) is 5.73 Å². The second-order valence-electron chi connectivity index (χ2n) is 7.62. The molecule has 0 bridgehead atoms. The van der Waals surface area contributed by atoms with E-state index in [-0.39, 0.29) is 11.6 Å². The Bertz CT molecular complexity index is 1320. The van der Waals surface area contributed by atoms with Crippen molar-refractivity contribution < 1.29 is 9.72 Å². The van der Waals surface area contributed by atoms with Crippen LogP contribution in [0.4, 0.5) is 17.3 Å². The lowest BCUT2D eigenvalue weighted by Gasteiger charge is -2.08. The number of nitrogens with two attached hydrogens (primary N) is 1. The first-order valence-corrected chi connectivity index (χ1v) is 10.6. The van der Waals surface area contributed by atoms with Crippen molar-refractivity contribution in [3.8, 4) is 16.9 Å². The van der Waals surface area contributed by atoms with Gasteiger partial charge in [0, 0.05) is 36.3 Å². The van der Waals surface area contributed by atoms with Crippen LogP contribution in [0.3, 0.4) is 0 Å². The molecule has 0 atom stereocenters. The van der Waals surface area contributed by atoms with Crippen LogP contribution in [0.2, 0.25) is 0 Å². The number of aryl methyl sites for hydroxylation is 1. The van der Waals surface area contributed by atoms with Gasteiger partial charge in [0.1, 0.15) is 17.8 Å². The van der Waals surface area contributed by atoms with E-state index in [0.29, 0.717) is 30.3 Å². The van der Waals surface area contributed by atoms with Crippen LogP contribution < -0.4 is 16.4 Å². The number of nitrogens with zero attached hydrogens (tertiary/aromatic N) is 4. The Kier molecular flexibility index (Phi) is 6.49. The summed E-state index contributed by atoms with van der Waals surface area (Å²) in [7, 11) is 0. The highest BCUT2D eigenvalue weighted by molar-refractivity contribution is 5.94. The summed E-state index contributed by atoms with van der Waals surface area (Å²) in [5.74, 6) is 0.768. The molecule has 0 saturated carbocycles. The number of hydrogen-bond acceptors (Lipinski definition) is 7. The molecule has 2 heterocycles. The summed E-state index contributed by atoms with van der Waals surface area (Å²) in [6.45, 7) is 2.79. The number of anilines is 2. The van der Waals surface area contributed by atoms with Crippen LogP contribution in [0.15, 0.2) is 72.9 Å². The maximum absolute atomic E-state index is 12.4. The van der Waals surface area contributed by atoms with E-state index < -0.39 is 4.92 Å². The van der Waals surface area contributed by atoms with Gasteiger partial charge in [-0.1, -0.05) is 23.8 Å². The van der Waals surface area contributed by atoms with Gasteiger partial charge >= 0.3 is 0 Å². The third kappa shape index (κ3) is 5.18. The van der Waals surface area contributed by atoms with Crippen molar-refractivity contribution in [1.82, 2.24) is 20.1 Å². The number of nitrogens with one attached hydrogen (secondary N) is 2. The van der Waals surface area contributed by atoms with Crippen LogP contribution in [0.1, 0.15) is 15.9 Å². The molecule has 34 heavy (non-hydrogen) atoms. The molecular weight excluding hydrogens is 434 g/mol. The molecular formula is C24H23N7O3. The zero-order valence-corrected chi connectivity index (χ0v) is 18.4. The predicted molar refractivity (Wildman–Crippen MR) is 130 cm³/mol. The number of carbonyl (C=O) groups excluding carboxylic acids is 1. The van der Waals surface area contributed by atoms with E-state index in [2.05, 4.69) is 20.7 Å². The van der Waals surface area contributed by atoms with Gasteiger partial charge in [0.05, 0.1) is 16.3 Å². The molecule has 4 rings (SSSR count). The van der Waals surface area contributed by atoms with Gasteiger partial charge in [-0.05, 0) is 43.3 Å². The average Bonchev–Trinajstić information content (AvgIpc) is 3.23. The number of aromatic nitrogens is 3. The second kappa shape index (κ2) is 9.82. The van der Waals surface area contributed by atoms with E-state index in [1.165, 1.54) is 18.3 Å². The van der Waals surface area contributed by atoms with Gasteiger partial charge in [-0.2, -0.15) is 5.10 Å². The fourth-order valence-electron chi connectivity index (χ4n) is 3.37. The maximum Gasteiger partial charge on any atom is 0.287 e. The fourth-order valence-corrected chi connectivity index (χ4v) is 3.37. The van der Waals surface area contributed by atoms with Crippen molar-refractivity contribution >= 4 is 23.2 Å². The lowest BCUT2D eigenvalue weighted by atomic mass is 10.1. The van der Waals surface area contributed by atoms with Crippen molar-refractivity contribution in [2.24, 2.45) is 0 Å². The lowest BCUT2D eigenvalue weighted by Crippen LogP contribution is -2.28. The van der Waals surface area contributed by atoms with Gasteiger partial charge < -0.3 is 16.4 Å². The first-order valence-electron chi connectivity index (χ1n) is 10.6. The summed E-state index contributed by atoms with van der Waals surface area (Å²) in [5.41, 5.74) is 10.2. The third-order valence-electron chi connectivity index (χ3n) is 5.10. The minimum absolute atomic E-state index is 0.0782. The zero-order valence-electron chi connectivity index (χ0n) is 18.4. The van der Waals surface area contributed by atoms with Crippen molar-refractivity contribution in [3.63, 3.8) is 0 Å². The topological polar surface area (TPSA) is 141 Å². The summed E-state index contributed by atoms with van der Waals surface area (Å²) in [6, 6.07) is 19.7. The van der Waals surface area contributed by atoms with Gasteiger partial charge in [0.25, 0.3) is 11.6 Å². The molecule has 4 N–H and O–H groups in total. The quantitative estimate of drug-likeness (QED) is 0.209. The van der Waals surface area contributed by atoms with Crippen LogP contribution in [0.5, 0.6) is 0 Å². The molecule has 0 aliphatic heterocycles. The van der Waals surface area contributed by atoms with Gasteiger partial charge in [-0.25, -0.2) is 9.67 Å². The molecule has 10 nitrogen and oxygen atoms in total. The van der Waals surface area contributed by atoms with Crippen LogP contribution in [-0.2, 0) is 0 Å². The van der Waals surface area contributed by atoms with Crippen molar-refractivity contribution in [1.29, 1.82) is 0 Å². The molecule has 0 spiro atoms. The Morgan fingerprint density at radius 3 is 2.56 bits per heavy atom. The Labute approximate surface area is 195 Å². The molecule has 4 aromatic rings. The van der Waals surface area contributed by atoms with Crippen LogP contribution in [-0.4, -0.2) is 38.7 Å². The number of pyridine rings is 1. The molecule has 10 heteroatoms. The molecule has 0 unspecified atom stereocenters. The van der Waals surface area contributed by atoms with E-state index in [1.807, 2.05) is 37.3 Å². The van der Waals surface area contributed by atoms with Crippen molar-refractivity contribution in [2.45, 2.75) is 6.92 Å². The Balaban J connectivity index is 1.33. The summed E-state index contributed by atoms with van der Waals surface area (Å²) in [4.78, 5) is 26.5. The summed E-state index contributed by atoms with van der Waals surface area (Å²) in [5, 5.41) is 21.1. The molecule has 0 aliphatic rings. The smallest absolute Gasteiger partial charge is 0.287 e. The predicted octanol–water partition coefficient (Wildman–Crippen LogP) is 3.58. The average molecular weight is 457 g/mol. The monoisotopic (exact) mass is 457 g/mol. The normalized spacial score (nSPS) is 10.6. The van der Waals surface area contributed by atoms with Gasteiger partial charge in [0.2, 0.25) is 0 Å². The SMILES string of the molecule is Cc1cccc(-c2cc(N)n(-c3ccc(C(=O)NCCNc4ccc([N+](=O)[O-])cn4)cc3)n2)c1. The molecule has 0 aliphatic carbocycles. The number of benzene rings is 2. The first-order chi connectivity index (χ1) is 16.4. The van der Waals surface area contributed by atoms with Gasteiger partial charge in [0.15, 0.2) is 0 Å². The molecule has 0 fully saturated rings. The highest BCUT2D eigenvalue weighted by Gasteiger charge is 2.11. The Hall–Kier alpha value is -4.73. The highest BCUT2D eigenvalue weighted by atomic mass is 16.6. The number of nitro groups is 1. The molecule has 172 valence electrons. The van der Waals surface area contributed by atoms with Crippen LogP contribution >= 0.6 is 0 Å². The number of carbonyl (C=O) groups is 1. The molecule has 0 saturated heterocycles. The van der Waals surface area contributed by atoms with Crippen molar-refractivity contribution in [2.75, 3.05) is 24.1 Å². The zero-order chi connectivity index (χ0) is 24.1. The Morgan fingerprint density at radius 1 is 1.09 bits per heavy atom. The van der Waals surface area contributed by atoms with Crippen molar-refractivity contribution in [3.05, 3.63) is 94.2 Å². The number of amides is 1. The molecule has 2 aromatic heterocycles. The van der Waals surface area contributed by atoms with Gasteiger partial charge in [-0.3, -0.25) is 14.9 Å². The second-order valence-corrected chi connectivity index (χ2v) is 7.62. The third-order valence-corrected chi connectivity index (χ3v) is 5.10. The van der Waals surface area contributed by atoms with E-state index >= 15 is 0 Å². The largest absolute Gasteiger partial charge is 0.384 e. The highest BCUT2D eigenvalue weighted by Crippen LogP contribution is 2.24. The summed E-state index contributed by atoms with van der Waals surface area (Å²) >= 11 is 0. The Morgan fingerprint density at radius 2 is 1.88 bits per heavy atom. The first kappa shape index (κ1) is 22.5. The maximum atomic E-state index is 12.4. The molecule has 0 radical (unpaired) electrons. The van der Waals surface area contributed by atoms with Gasteiger partial charge in [-0.15, -0.1) is 0 Å². The fraction of sp³-hybridized carbons (Fsp3) is 0.125. The standard InChI is InChI=1S/C24H23N7O3/c1-16-3-2-4-18(13-16)21-14-22(25)30(29-21)19-7-5-17(6-8-19)24(32)27-12-11-26-23-10-9-20(15-28-23)31(33)34/h2-10,13-15H,11-12,25H2,1H3,(H,26,28)(H,27,32). The van der Waals surface area contributed by atoms with E-state index in [0.717, 1.165) is 22.5 Å². The molecule has 2 aromatic carbocycles. The van der Waals surface area contributed by atoms with E-state index in [1.54, 1.807) is 28.9 Å².